The Labute approximate surface area is 149 Å². The van der Waals surface area contributed by atoms with Crippen LogP contribution >= 0.6 is 0 Å². The van der Waals surface area contributed by atoms with Crippen LogP contribution in [0.25, 0.3) is 11.0 Å². The number of nitrogens with zero attached hydrogens (tertiary/aromatic N) is 2. The maximum Gasteiger partial charge on any atom is 0.240 e. The van der Waals surface area contributed by atoms with Gasteiger partial charge in [-0.2, -0.15) is 0 Å². The number of nitrogens with one attached hydrogen (secondary N) is 2. The number of hydrogen-bond donors (Lipinski definition) is 2. The second kappa shape index (κ2) is 9.20. The van der Waals surface area contributed by atoms with E-state index in [2.05, 4.69) is 29.5 Å². The summed E-state index contributed by atoms with van der Waals surface area (Å²) in [5, 5.41) is 5.83. The Morgan fingerprint density at radius 2 is 1.92 bits per heavy atom. The summed E-state index contributed by atoms with van der Waals surface area (Å²) < 4.78 is 1.98. The molecule has 25 heavy (non-hydrogen) atoms. The molecule has 6 nitrogen and oxygen atoms in total. The SMILES string of the molecule is CCC(=O)NCCCc1nc2ccccc2n1CC(=O)NCC(C)C. The van der Waals surface area contributed by atoms with Gasteiger partial charge in [-0.25, -0.2) is 4.98 Å². The molecule has 0 atom stereocenters. The van der Waals surface area contributed by atoms with E-state index in [4.69, 9.17) is 0 Å². The first-order chi connectivity index (χ1) is 12.0. The Morgan fingerprint density at radius 3 is 2.64 bits per heavy atom. The highest BCUT2D eigenvalue weighted by molar-refractivity contribution is 5.81. The van der Waals surface area contributed by atoms with Gasteiger partial charge in [0.25, 0.3) is 0 Å². The number of hydrogen-bond acceptors (Lipinski definition) is 3. The molecule has 0 aliphatic rings. The van der Waals surface area contributed by atoms with Crippen molar-refractivity contribution in [3.05, 3.63) is 30.1 Å². The zero-order chi connectivity index (χ0) is 18.2. The lowest BCUT2D eigenvalue weighted by Gasteiger charge is -2.11. The van der Waals surface area contributed by atoms with Gasteiger partial charge in [-0.05, 0) is 24.5 Å². The molecule has 0 radical (unpaired) electrons. The summed E-state index contributed by atoms with van der Waals surface area (Å²) in [6.45, 7) is 7.54. The third-order valence-corrected chi connectivity index (χ3v) is 3.96. The van der Waals surface area contributed by atoms with Gasteiger partial charge in [-0.3, -0.25) is 9.59 Å². The molecule has 2 N–H and O–H groups in total. The summed E-state index contributed by atoms with van der Waals surface area (Å²) >= 11 is 0. The number of benzene rings is 1. The Balaban J connectivity index is 2.07. The summed E-state index contributed by atoms with van der Waals surface area (Å²) in [6.07, 6.45) is 2.01. The smallest absolute Gasteiger partial charge is 0.240 e. The first kappa shape index (κ1) is 19.0. The summed E-state index contributed by atoms with van der Waals surface area (Å²) in [5.74, 6) is 1.36. The predicted molar refractivity (Wildman–Crippen MR) is 99.2 cm³/mol. The molecule has 1 heterocycles. The van der Waals surface area contributed by atoms with Crippen LogP contribution in [0, 0.1) is 5.92 Å². The summed E-state index contributed by atoms with van der Waals surface area (Å²) in [4.78, 5) is 28.2. The van der Waals surface area contributed by atoms with E-state index >= 15 is 0 Å². The molecule has 6 heteroatoms. The molecule has 0 unspecified atom stereocenters. The molecule has 136 valence electrons. The molecule has 0 saturated carbocycles. The highest BCUT2D eigenvalue weighted by Gasteiger charge is 2.13. The molecule has 0 bridgehead atoms. The van der Waals surface area contributed by atoms with Crippen molar-refractivity contribution in [2.45, 2.75) is 46.6 Å². The lowest BCUT2D eigenvalue weighted by Crippen LogP contribution is -2.31. The van der Waals surface area contributed by atoms with Gasteiger partial charge >= 0.3 is 0 Å². The molecule has 0 aliphatic carbocycles. The minimum atomic E-state index is -0.00242. The summed E-state index contributed by atoms with van der Waals surface area (Å²) in [6, 6.07) is 7.85. The predicted octanol–water partition coefficient (Wildman–Crippen LogP) is 2.27. The highest BCUT2D eigenvalue weighted by atomic mass is 16.2. The van der Waals surface area contributed by atoms with Crippen molar-refractivity contribution in [1.29, 1.82) is 0 Å². The number of carbonyl (C=O) groups is 2. The van der Waals surface area contributed by atoms with Crippen LogP contribution in [0.15, 0.2) is 24.3 Å². The van der Waals surface area contributed by atoms with Crippen LogP contribution in [0.5, 0.6) is 0 Å². The molecule has 0 spiro atoms. The van der Waals surface area contributed by atoms with E-state index in [1.165, 1.54) is 0 Å². The van der Waals surface area contributed by atoms with Gasteiger partial charge in [-0.15, -0.1) is 0 Å². The molecule has 1 aromatic carbocycles. The Kier molecular flexibility index (Phi) is 6.98. The first-order valence-corrected chi connectivity index (χ1v) is 8.98. The minimum Gasteiger partial charge on any atom is -0.356 e. The second-order valence-electron chi connectivity index (χ2n) is 6.61. The number of carbonyl (C=O) groups excluding carboxylic acids is 2. The van der Waals surface area contributed by atoms with E-state index in [-0.39, 0.29) is 18.4 Å². The Hall–Kier alpha value is -2.37. The van der Waals surface area contributed by atoms with E-state index in [1.54, 1.807) is 0 Å². The minimum absolute atomic E-state index is 0.00242. The Bertz CT molecular complexity index is 721. The largest absolute Gasteiger partial charge is 0.356 e. The molecule has 0 fully saturated rings. The number of amides is 2. The van der Waals surface area contributed by atoms with Gasteiger partial charge in [0.2, 0.25) is 11.8 Å². The number of aryl methyl sites for hydroxylation is 1. The standard InChI is InChI=1S/C19H28N4O2/c1-4-18(24)20-11-7-10-17-22-15-8-5-6-9-16(15)23(17)13-19(25)21-12-14(2)3/h5-6,8-9,14H,4,7,10-13H2,1-3H3,(H,20,24)(H,21,25). The van der Waals surface area contributed by atoms with Crippen molar-refractivity contribution in [2.75, 3.05) is 13.1 Å². The van der Waals surface area contributed by atoms with Crippen LogP contribution in [0.3, 0.4) is 0 Å². The number of imidazole rings is 1. The van der Waals surface area contributed by atoms with Gasteiger partial charge < -0.3 is 15.2 Å². The van der Waals surface area contributed by atoms with Gasteiger partial charge in [0.05, 0.1) is 11.0 Å². The zero-order valence-electron chi connectivity index (χ0n) is 15.3. The fourth-order valence-corrected chi connectivity index (χ4v) is 2.61. The normalized spacial score (nSPS) is 11.0. The average Bonchev–Trinajstić information content (AvgIpc) is 2.94. The van der Waals surface area contributed by atoms with Crippen LogP contribution in [0.2, 0.25) is 0 Å². The van der Waals surface area contributed by atoms with Gasteiger partial charge in [-0.1, -0.05) is 32.9 Å². The van der Waals surface area contributed by atoms with Crippen molar-refractivity contribution in [2.24, 2.45) is 5.92 Å². The second-order valence-corrected chi connectivity index (χ2v) is 6.61. The topological polar surface area (TPSA) is 76.0 Å². The third-order valence-electron chi connectivity index (χ3n) is 3.96. The number of aromatic nitrogens is 2. The van der Waals surface area contributed by atoms with Crippen LogP contribution in [-0.2, 0) is 22.6 Å². The number of fused-ring (bicyclic) bond motifs is 1. The van der Waals surface area contributed by atoms with Gasteiger partial charge in [0, 0.05) is 25.9 Å². The van der Waals surface area contributed by atoms with Crippen LogP contribution in [-0.4, -0.2) is 34.5 Å². The molecule has 0 saturated heterocycles. The van der Waals surface area contributed by atoms with Crippen molar-refractivity contribution in [3.8, 4) is 0 Å². The summed E-state index contributed by atoms with van der Waals surface area (Å²) in [7, 11) is 0. The van der Waals surface area contributed by atoms with Gasteiger partial charge in [0.1, 0.15) is 12.4 Å². The molecular formula is C19H28N4O2. The van der Waals surface area contributed by atoms with E-state index < -0.39 is 0 Å². The van der Waals surface area contributed by atoms with Crippen LogP contribution in [0.1, 0.15) is 39.4 Å². The van der Waals surface area contributed by atoms with Crippen LogP contribution < -0.4 is 10.6 Å². The lowest BCUT2D eigenvalue weighted by atomic mass is 10.2. The molecule has 0 aliphatic heterocycles. The quantitative estimate of drug-likeness (QED) is 0.685. The molecular weight excluding hydrogens is 316 g/mol. The molecule has 2 rings (SSSR count). The van der Waals surface area contributed by atoms with Crippen LogP contribution in [0.4, 0.5) is 0 Å². The van der Waals surface area contributed by atoms with Crippen molar-refractivity contribution in [1.82, 2.24) is 20.2 Å². The van der Waals surface area contributed by atoms with Crippen molar-refractivity contribution < 1.29 is 9.59 Å². The number of rotatable bonds is 9. The fourth-order valence-electron chi connectivity index (χ4n) is 2.61. The molecule has 2 aromatic rings. The van der Waals surface area contributed by atoms with E-state index in [0.717, 1.165) is 29.7 Å². The first-order valence-electron chi connectivity index (χ1n) is 8.98. The maximum absolute atomic E-state index is 12.3. The lowest BCUT2D eigenvalue weighted by molar-refractivity contribution is -0.122. The fraction of sp³-hybridized carbons (Fsp3) is 0.526. The van der Waals surface area contributed by atoms with E-state index in [1.807, 2.05) is 35.8 Å². The molecule has 2 amide bonds. The zero-order valence-corrected chi connectivity index (χ0v) is 15.3. The third kappa shape index (κ3) is 5.59. The maximum atomic E-state index is 12.3. The molecule has 1 aromatic heterocycles. The Morgan fingerprint density at radius 1 is 1.16 bits per heavy atom. The van der Waals surface area contributed by atoms with Gasteiger partial charge in [0.15, 0.2) is 0 Å². The average molecular weight is 344 g/mol. The monoisotopic (exact) mass is 344 g/mol. The van der Waals surface area contributed by atoms with E-state index in [9.17, 15) is 9.59 Å². The highest BCUT2D eigenvalue weighted by Crippen LogP contribution is 2.17. The van der Waals surface area contributed by atoms with Crippen molar-refractivity contribution in [3.63, 3.8) is 0 Å². The van der Waals surface area contributed by atoms with E-state index in [0.29, 0.717) is 25.4 Å². The number of para-hydroxylation sites is 2. The summed E-state index contributed by atoms with van der Waals surface area (Å²) in [5.41, 5.74) is 1.86. The van der Waals surface area contributed by atoms with Crippen molar-refractivity contribution >= 4 is 22.8 Å².